The smallest absolute Gasteiger partial charge is 0.137 e. The maximum absolute atomic E-state index is 13.6. The van der Waals surface area contributed by atoms with Gasteiger partial charge in [-0.15, -0.1) is 0 Å². The number of ether oxygens (including phenoxy) is 1. The molecule has 0 aliphatic carbocycles. The number of hydrogen-bond donors (Lipinski definition) is 1. The van der Waals surface area contributed by atoms with Crippen LogP contribution in [0, 0.1) is 5.82 Å². The highest BCUT2D eigenvalue weighted by atomic mass is 79.9. The molecule has 2 aromatic rings. The second-order valence-electron chi connectivity index (χ2n) is 4.53. The third kappa shape index (κ3) is 3.38. The van der Waals surface area contributed by atoms with Gasteiger partial charge < -0.3 is 10.1 Å². The Labute approximate surface area is 127 Å². The minimum Gasteiger partial charge on any atom is -0.497 e. The Morgan fingerprint density at radius 3 is 2.70 bits per heavy atom. The molecule has 0 bridgehead atoms. The Morgan fingerprint density at radius 2 is 2.00 bits per heavy atom. The first kappa shape index (κ1) is 15.0. The fraction of sp³-hybridized carbons (Fsp3) is 0.250. The third-order valence-corrected chi connectivity index (χ3v) is 4.19. The van der Waals surface area contributed by atoms with E-state index in [-0.39, 0.29) is 11.9 Å². The Kier molecular flexibility index (Phi) is 5.15. The van der Waals surface area contributed by atoms with Gasteiger partial charge in [0.1, 0.15) is 11.6 Å². The average Bonchev–Trinajstić information content (AvgIpc) is 2.49. The van der Waals surface area contributed by atoms with Crippen molar-refractivity contribution < 1.29 is 9.13 Å². The summed E-state index contributed by atoms with van der Waals surface area (Å²) >= 11 is 3.31. The van der Waals surface area contributed by atoms with Crippen LogP contribution in [0.1, 0.15) is 17.2 Å². The Hall–Kier alpha value is -1.39. The third-order valence-electron chi connectivity index (χ3n) is 3.30. The van der Waals surface area contributed by atoms with E-state index >= 15 is 0 Å². The quantitative estimate of drug-likeness (QED) is 0.886. The first-order valence-electron chi connectivity index (χ1n) is 6.39. The van der Waals surface area contributed by atoms with Crippen molar-refractivity contribution in [2.45, 2.75) is 12.5 Å². The van der Waals surface area contributed by atoms with Gasteiger partial charge in [0.25, 0.3) is 0 Å². The van der Waals surface area contributed by atoms with Crippen LogP contribution in [0.4, 0.5) is 4.39 Å². The van der Waals surface area contributed by atoms with Crippen LogP contribution in [0.15, 0.2) is 46.9 Å². The molecule has 1 N–H and O–H groups in total. The van der Waals surface area contributed by atoms with Crippen LogP contribution in [0.25, 0.3) is 0 Å². The van der Waals surface area contributed by atoms with Gasteiger partial charge in [0.05, 0.1) is 11.6 Å². The number of benzene rings is 2. The summed E-state index contributed by atoms with van der Waals surface area (Å²) in [5.41, 5.74) is 2.05. The fourth-order valence-corrected chi connectivity index (χ4v) is 2.60. The van der Waals surface area contributed by atoms with Crippen LogP contribution in [0.3, 0.4) is 0 Å². The average molecular weight is 338 g/mol. The van der Waals surface area contributed by atoms with Crippen molar-refractivity contribution in [3.8, 4) is 5.75 Å². The van der Waals surface area contributed by atoms with E-state index in [2.05, 4.69) is 21.2 Å². The van der Waals surface area contributed by atoms with Crippen molar-refractivity contribution in [2.24, 2.45) is 0 Å². The SMILES string of the molecule is CNC(Cc1cccc(F)c1Br)c1cccc(OC)c1. The van der Waals surface area contributed by atoms with Gasteiger partial charge in [-0.3, -0.25) is 0 Å². The van der Waals surface area contributed by atoms with E-state index in [0.717, 1.165) is 16.9 Å². The van der Waals surface area contributed by atoms with Crippen molar-refractivity contribution in [3.05, 3.63) is 63.9 Å². The van der Waals surface area contributed by atoms with Gasteiger partial charge in [0.2, 0.25) is 0 Å². The zero-order chi connectivity index (χ0) is 14.5. The molecule has 0 radical (unpaired) electrons. The predicted octanol–water partition coefficient (Wildman–Crippen LogP) is 4.10. The topological polar surface area (TPSA) is 21.3 Å². The number of nitrogens with one attached hydrogen (secondary N) is 1. The van der Waals surface area contributed by atoms with Gasteiger partial charge in [-0.05, 0) is 58.7 Å². The zero-order valence-corrected chi connectivity index (χ0v) is 13.1. The molecule has 106 valence electrons. The highest BCUT2D eigenvalue weighted by molar-refractivity contribution is 9.10. The largest absolute Gasteiger partial charge is 0.497 e. The van der Waals surface area contributed by atoms with Crippen molar-refractivity contribution >= 4 is 15.9 Å². The van der Waals surface area contributed by atoms with E-state index in [1.165, 1.54) is 6.07 Å². The van der Waals surface area contributed by atoms with Crippen molar-refractivity contribution in [1.82, 2.24) is 5.32 Å². The molecule has 2 aromatic carbocycles. The van der Waals surface area contributed by atoms with E-state index < -0.39 is 0 Å². The summed E-state index contributed by atoms with van der Waals surface area (Å²) in [5.74, 6) is 0.587. The lowest BCUT2D eigenvalue weighted by Crippen LogP contribution is -2.19. The molecule has 0 aromatic heterocycles. The summed E-state index contributed by atoms with van der Waals surface area (Å²) in [5, 5.41) is 3.27. The monoisotopic (exact) mass is 337 g/mol. The van der Waals surface area contributed by atoms with Crippen LogP contribution in [0.2, 0.25) is 0 Å². The molecule has 0 saturated heterocycles. The molecule has 0 saturated carbocycles. The van der Waals surface area contributed by atoms with Crippen molar-refractivity contribution in [3.63, 3.8) is 0 Å². The van der Waals surface area contributed by atoms with Crippen LogP contribution in [-0.4, -0.2) is 14.2 Å². The molecule has 0 aliphatic rings. The molecule has 0 aliphatic heterocycles. The van der Waals surface area contributed by atoms with E-state index in [9.17, 15) is 4.39 Å². The molecular weight excluding hydrogens is 321 g/mol. The fourth-order valence-electron chi connectivity index (χ4n) is 2.17. The number of rotatable bonds is 5. The molecule has 2 nitrogen and oxygen atoms in total. The minimum atomic E-state index is -0.233. The minimum absolute atomic E-state index is 0.100. The molecule has 0 heterocycles. The summed E-state index contributed by atoms with van der Waals surface area (Å²) in [6.45, 7) is 0. The van der Waals surface area contributed by atoms with Crippen LogP contribution < -0.4 is 10.1 Å². The summed E-state index contributed by atoms with van der Waals surface area (Å²) in [6, 6.07) is 13.1. The molecule has 20 heavy (non-hydrogen) atoms. The summed E-state index contributed by atoms with van der Waals surface area (Å²) in [6.07, 6.45) is 0.696. The Balaban J connectivity index is 2.26. The number of halogens is 2. The molecule has 1 unspecified atom stereocenters. The highest BCUT2D eigenvalue weighted by Gasteiger charge is 2.14. The zero-order valence-electron chi connectivity index (χ0n) is 11.5. The van der Waals surface area contributed by atoms with Gasteiger partial charge in [-0.25, -0.2) is 4.39 Å². The van der Waals surface area contributed by atoms with Crippen LogP contribution in [0.5, 0.6) is 5.75 Å². The lowest BCUT2D eigenvalue weighted by atomic mass is 9.99. The van der Waals surface area contributed by atoms with Gasteiger partial charge in [-0.1, -0.05) is 24.3 Å². The molecule has 0 fully saturated rings. The maximum Gasteiger partial charge on any atom is 0.137 e. The lowest BCUT2D eigenvalue weighted by Gasteiger charge is -2.18. The molecule has 1 atom stereocenters. The summed E-state index contributed by atoms with van der Waals surface area (Å²) < 4.78 is 19.3. The van der Waals surface area contributed by atoms with E-state index in [4.69, 9.17) is 4.74 Å². The normalized spacial score (nSPS) is 12.2. The van der Waals surface area contributed by atoms with Gasteiger partial charge in [0.15, 0.2) is 0 Å². The standard InChI is InChI=1S/C16H17BrFNO/c1-19-15(11-5-3-7-13(9-11)20-2)10-12-6-4-8-14(18)16(12)17/h3-9,15,19H,10H2,1-2H3. The van der Waals surface area contributed by atoms with E-state index in [0.29, 0.717) is 10.9 Å². The maximum atomic E-state index is 13.6. The first-order chi connectivity index (χ1) is 9.65. The summed E-state index contributed by atoms with van der Waals surface area (Å²) in [7, 11) is 3.55. The van der Waals surface area contributed by atoms with Gasteiger partial charge in [0, 0.05) is 6.04 Å². The molecule has 4 heteroatoms. The molecule has 0 spiro atoms. The number of methoxy groups -OCH3 is 1. The number of likely N-dealkylation sites (N-methyl/N-ethyl adjacent to an activating group) is 1. The Morgan fingerprint density at radius 1 is 1.25 bits per heavy atom. The predicted molar refractivity (Wildman–Crippen MR) is 82.6 cm³/mol. The van der Waals surface area contributed by atoms with Gasteiger partial charge >= 0.3 is 0 Å². The summed E-state index contributed by atoms with van der Waals surface area (Å²) in [4.78, 5) is 0. The molecule has 2 rings (SSSR count). The van der Waals surface area contributed by atoms with E-state index in [1.54, 1.807) is 13.2 Å². The first-order valence-corrected chi connectivity index (χ1v) is 7.19. The second kappa shape index (κ2) is 6.86. The van der Waals surface area contributed by atoms with E-state index in [1.807, 2.05) is 37.4 Å². The molecular formula is C16H17BrFNO. The highest BCUT2D eigenvalue weighted by Crippen LogP contribution is 2.27. The van der Waals surface area contributed by atoms with Crippen molar-refractivity contribution in [1.29, 1.82) is 0 Å². The number of hydrogen-bond acceptors (Lipinski definition) is 2. The second-order valence-corrected chi connectivity index (χ2v) is 5.33. The van der Waals surface area contributed by atoms with Crippen LogP contribution >= 0.6 is 15.9 Å². The van der Waals surface area contributed by atoms with Gasteiger partial charge in [-0.2, -0.15) is 0 Å². The van der Waals surface area contributed by atoms with Crippen LogP contribution in [-0.2, 0) is 6.42 Å². The lowest BCUT2D eigenvalue weighted by molar-refractivity contribution is 0.413. The molecule has 0 amide bonds. The Bertz CT molecular complexity index is 588. The van der Waals surface area contributed by atoms with Crippen molar-refractivity contribution in [2.75, 3.05) is 14.2 Å².